The third-order valence-electron chi connectivity index (χ3n) is 2.83. The van der Waals surface area contributed by atoms with Crippen LogP contribution in [0.15, 0.2) is 18.2 Å². The normalized spacial score (nSPS) is 20.6. The smallest absolute Gasteiger partial charge is 0.0374 e. The molecule has 0 aromatic heterocycles. The molecule has 1 N–H and O–H groups in total. The first-order valence-corrected chi connectivity index (χ1v) is 5.18. The quantitative estimate of drug-likeness (QED) is 0.692. The van der Waals surface area contributed by atoms with E-state index in [0.29, 0.717) is 6.04 Å². The van der Waals surface area contributed by atoms with Crippen LogP contribution in [0.3, 0.4) is 0 Å². The molecule has 13 heavy (non-hydrogen) atoms. The summed E-state index contributed by atoms with van der Waals surface area (Å²) in [5.74, 6) is 0. The van der Waals surface area contributed by atoms with Crippen molar-refractivity contribution in [2.45, 2.75) is 39.2 Å². The molecule has 0 unspecified atom stereocenters. The van der Waals surface area contributed by atoms with E-state index in [9.17, 15) is 0 Å². The van der Waals surface area contributed by atoms with E-state index in [1.54, 1.807) is 0 Å². The van der Waals surface area contributed by atoms with Gasteiger partial charge in [-0.25, -0.2) is 0 Å². The zero-order valence-electron chi connectivity index (χ0n) is 8.43. The molecule has 0 bridgehead atoms. The molecule has 1 aromatic carbocycles. The van der Waals surface area contributed by atoms with E-state index in [1.165, 1.54) is 29.7 Å². The molecule has 1 atom stereocenters. The lowest BCUT2D eigenvalue weighted by Gasteiger charge is -2.24. The van der Waals surface area contributed by atoms with Gasteiger partial charge in [0, 0.05) is 11.7 Å². The van der Waals surface area contributed by atoms with Gasteiger partial charge in [0.1, 0.15) is 0 Å². The second-order valence-electron chi connectivity index (χ2n) is 3.93. The van der Waals surface area contributed by atoms with Crippen molar-refractivity contribution < 1.29 is 0 Å². The summed E-state index contributed by atoms with van der Waals surface area (Å²) in [6.45, 7) is 4.46. The second kappa shape index (κ2) is 3.41. The molecule has 1 nitrogen and oxygen atoms in total. The van der Waals surface area contributed by atoms with E-state index >= 15 is 0 Å². The van der Waals surface area contributed by atoms with Crippen LogP contribution in [0.2, 0.25) is 0 Å². The summed E-state index contributed by atoms with van der Waals surface area (Å²) in [5, 5.41) is 3.51. The van der Waals surface area contributed by atoms with Gasteiger partial charge in [0.25, 0.3) is 0 Å². The highest BCUT2D eigenvalue weighted by molar-refractivity contribution is 5.55. The molecule has 1 aliphatic heterocycles. The van der Waals surface area contributed by atoms with Crippen molar-refractivity contribution in [3.05, 3.63) is 29.3 Å². The summed E-state index contributed by atoms with van der Waals surface area (Å²) in [5.41, 5.74) is 4.29. The van der Waals surface area contributed by atoms with Gasteiger partial charge >= 0.3 is 0 Å². The van der Waals surface area contributed by atoms with Gasteiger partial charge in [-0.15, -0.1) is 0 Å². The van der Waals surface area contributed by atoms with Gasteiger partial charge < -0.3 is 5.32 Å². The van der Waals surface area contributed by atoms with Gasteiger partial charge in [-0.3, -0.25) is 0 Å². The molecule has 0 spiro atoms. The number of nitrogens with one attached hydrogen (secondary N) is 1. The average Bonchev–Trinajstić information content (AvgIpc) is 2.17. The third kappa shape index (κ3) is 1.69. The summed E-state index contributed by atoms with van der Waals surface area (Å²) < 4.78 is 0. The Bertz CT molecular complexity index is 304. The number of fused-ring (bicyclic) bond motifs is 1. The first-order valence-electron chi connectivity index (χ1n) is 5.18. The highest BCUT2D eigenvalue weighted by Crippen LogP contribution is 2.25. The fourth-order valence-corrected chi connectivity index (χ4v) is 1.92. The Kier molecular flexibility index (Phi) is 2.26. The van der Waals surface area contributed by atoms with Crippen LogP contribution in [-0.4, -0.2) is 6.04 Å². The van der Waals surface area contributed by atoms with Crippen LogP contribution in [0.4, 0.5) is 5.69 Å². The Morgan fingerprint density at radius 1 is 1.46 bits per heavy atom. The number of aryl methyl sites for hydroxylation is 2. The summed E-state index contributed by atoms with van der Waals surface area (Å²) in [4.78, 5) is 0. The molecule has 0 amide bonds. The third-order valence-corrected chi connectivity index (χ3v) is 2.83. The maximum Gasteiger partial charge on any atom is 0.0374 e. The maximum absolute atomic E-state index is 3.51. The highest BCUT2D eigenvalue weighted by Gasteiger charge is 2.13. The predicted molar refractivity (Wildman–Crippen MR) is 57.2 cm³/mol. The number of anilines is 1. The van der Waals surface area contributed by atoms with E-state index in [2.05, 4.69) is 37.4 Å². The lowest BCUT2D eigenvalue weighted by molar-refractivity contribution is 0.680. The first kappa shape index (κ1) is 8.61. The molecular weight excluding hydrogens is 158 g/mol. The zero-order valence-corrected chi connectivity index (χ0v) is 8.43. The molecule has 0 fully saturated rings. The van der Waals surface area contributed by atoms with Crippen molar-refractivity contribution in [2.24, 2.45) is 0 Å². The van der Waals surface area contributed by atoms with E-state index in [4.69, 9.17) is 0 Å². The Hall–Kier alpha value is -0.980. The molecule has 0 saturated carbocycles. The Labute approximate surface area is 80.2 Å². The molecule has 0 aliphatic carbocycles. The van der Waals surface area contributed by atoms with Crippen molar-refractivity contribution in [3.63, 3.8) is 0 Å². The standard InChI is InChI=1S/C12H17N/c1-3-10-5-7-12-11(8-10)6-4-9(2)13-12/h5,7-9,13H,3-4,6H2,1-2H3/t9-/m1/s1. The molecule has 0 saturated heterocycles. The second-order valence-corrected chi connectivity index (χ2v) is 3.93. The van der Waals surface area contributed by atoms with E-state index < -0.39 is 0 Å². The lowest BCUT2D eigenvalue weighted by Crippen LogP contribution is -2.21. The van der Waals surface area contributed by atoms with Crippen molar-refractivity contribution in [1.29, 1.82) is 0 Å². The van der Waals surface area contributed by atoms with E-state index in [0.717, 1.165) is 6.42 Å². The van der Waals surface area contributed by atoms with Gasteiger partial charge in [0.15, 0.2) is 0 Å². The average molecular weight is 175 g/mol. The Morgan fingerprint density at radius 3 is 3.08 bits per heavy atom. The first-order chi connectivity index (χ1) is 6.29. The predicted octanol–water partition coefficient (Wildman–Crippen LogP) is 3.00. The molecule has 1 aromatic rings. The fourth-order valence-electron chi connectivity index (χ4n) is 1.92. The Morgan fingerprint density at radius 2 is 2.31 bits per heavy atom. The number of hydrogen-bond donors (Lipinski definition) is 1. The SMILES string of the molecule is CCc1ccc2c(c1)CC[C@@H](C)N2. The van der Waals surface area contributed by atoms with Gasteiger partial charge in [-0.2, -0.15) is 0 Å². The van der Waals surface area contributed by atoms with E-state index in [-0.39, 0.29) is 0 Å². The van der Waals surface area contributed by atoms with Crippen LogP contribution in [0, 0.1) is 0 Å². The number of rotatable bonds is 1. The van der Waals surface area contributed by atoms with Crippen molar-refractivity contribution in [3.8, 4) is 0 Å². The van der Waals surface area contributed by atoms with Crippen molar-refractivity contribution >= 4 is 5.69 Å². The van der Waals surface area contributed by atoms with Crippen LogP contribution in [-0.2, 0) is 12.8 Å². The molecule has 1 heteroatoms. The molecule has 1 heterocycles. The van der Waals surface area contributed by atoms with Crippen LogP contribution >= 0.6 is 0 Å². The van der Waals surface area contributed by atoms with Crippen LogP contribution in [0.25, 0.3) is 0 Å². The highest BCUT2D eigenvalue weighted by atomic mass is 14.9. The van der Waals surface area contributed by atoms with Gasteiger partial charge in [0.2, 0.25) is 0 Å². The topological polar surface area (TPSA) is 12.0 Å². The summed E-state index contributed by atoms with van der Waals surface area (Å²) >= 11 is 0. The molecular formula is C12H17N. The molecule has 2 rings (SSSR count). The molecule has 1 aliphatic rings. The number of benzene rings is 1. The minimum atomic E-state index is 0.639. The van der Waals surface area contributed by atoms with Crippen molar-refractivity contribution in [1.82, 2.24) is 0 Å². The fraction of sp³-hybridized carbons (Fsp3) is 0.500. The molecule has 70 valence electrons. The largest absolute Gasteiger partial charge is 0.382 e. The minimum Gasteiger partial charge on any atom is -0.382 e. The maximum atomic E-state index is 3.51. The van der Waals surface area contributed by atoms with Crippen molar-refractivity contribution in [2.75, 3.05) is 5.32 Å². The zero-order chi connectivity index (χ0) is 9.26. The molecule has 0 radical (unpaired) electrons. The van der Waals surface area contributed by atoms with Gasteiger partial charge in [0.05, 0.1) is 0 Å². The van der Waals surface area contributed by atoms with E-state index in [1.807, 2.05) is 0 Å². The monoisotopic (exact) mass is 175 g/mol. The Balaban J connectivity index is 2.31. The summed E-state index contributed by atoms with van der Waals surface area (Å²) in [7, 11) is 0. The van der Waals surface area contributed by atoms with Crippen LogP contribution in [0.1, 0.15) is 31.4 Å². The minimum absolute atomic E-state index is 0.639. The van der Waals surface area contributed by atoms with Gasteiger partial charge in [-0.1, -0.05) is 19.1 Å². The summed E-state index contributed by atoms with van der Waals surface area (Å²) in [6.07, 6.45) is 3.64. The number of hydrogen-bond acceptors (Lipinski definition) is 1. The van der Waals surface area contributed by atoms with Crippen LogP contribution < -0.4 is 5.32 Å². The summed E-state index contributed by atoms with van der Waals surface area (Å²) in [6, 6.07) is 7.43. The van der Waals surface area contributed by atoms with Gasteiger partial charge in [-0.05, 0) is 43.4 Å². The van der Waals surface area contributed by atoms with Crippen LogP contribution in [0.5, 0.6) is 0 Å². The lowest BCUT2D eigenvalue weighted by atomic mass is 9.96.